The summed E-state index contributed by atoms with van der Waals surface area (Å²) in [6, 6.07) is 34.0. The number of carbonyl (C=O) groups is 6. The van der Waals surface area contributed by atoms with Crippen LogP contribution in [0.2, 0.25) is 0 Å². The van der Waals surface area contributed by atoms with E-state index in [4.69, 9.17) is 24.3 Å². The van der Waals surface area contributed by atoms with Crippen molar-refractivity contribution in [1.82, 2.24) is 29.7 Å². The smallest absolute Gasteiger partial charge is 0.410 e. The van der Waals surface area contributed by atoms with E-state index in [2.05, 4.69) is 36.5 Å². The number of likely N-dealkylation sites (tertiary alicyclic amines) is 3. The molecule has 398 valence electrons. The highest BCUT2D eigenvalue weighted by molar-refractivity contribution is 9.10. The third-order valence-electron chi connectivity index (χ3n) is 12.7. The maximum atomic E-state index is 13.2. The summed E-state index contributed by atoms with van der Waals surface area (Å²) in [6.07, 6.45) is 6.03. The van der Waals surface area contributed by atoms with E-state index in [9.17, 15) is 28.8 Å². The van der Waals surface area contributed by atoms with Crippen molar-refractivity contribution in [1.29, 1.82) is 0 Å². The molecular formula is C57H63BrN8O10. The molecule has 3 aromatic heterocycles. The summed E-state index contributed by atoms with van der Waals surface area (Å²) in [5.74, 6) is 0.254. The van der Waals surface area contributed by atoms with Gasteiger partial charge >= 0.3 is 18.3 Å². The number of halogens is 1. The number of aliphatic hydroxyl groups excluding tert-OH is 1. The van der Waals surface area contributed by atoms with Gasteiger partial charge in [-0.1, -0.05) is 72.8 Å². The van der Waals surface area contributed by atoms with Crippen LogP contribution in [0.3, 0.4) is 0 Å². The van der Waals surface area contributed by atoms with E-state index in [1.54, 1.807) is 35.5 Å². The van der Waals surface area contributed by atoms with E-state index in [1.165, 1.54) is 9.80 Å². The molecule has 0 radical (unpaired) electrons. The summed E-state index contributed by atoms with van der Waals surface area (Å²) in [5.41, 5.74) is 4.35. The number of hydrogen-bond acceptors (Lipinski definition) is 13. The highest BCUT2D eigenvalue weighted by atomic mass is 79.9. The highest BCUT2D eigenvalue weighted by Crippen LogP contribution is 2.28. The average Bonchev–Trinajstić information content (AvgIpc) is 4.25. The van der Waals surface area contributed by atoms with E-state index in [-0.39, 0.29) is 37.2 Å². The Balaban J connectivity index is 0.000000261. The van der Waals surface area contributed by atoms with Crippen molar-refractivity contribution in [2.24, 2.45) is 0 Å². The molecule has 0 bridgehead atoms. The van der Waals surface area contributed by atoms with Crippen molar-refractivity contribution in [3.63, 3.8) is 0 Å². The predicted molar refractivity (Wildman–Crippen MR) is 290 cm³/mol. The molecule has 3 aliphatic heterocycles. The minimum Gasteiger partial charge on any atom is -0.445 e. The van der Waals surface area contributed by atoms with Crippen LogP contribution in [0.15, 0.2) is 132 Å². The number of aliphatic hydroxyl groups is 1. The lowest BCUT2D eigenvalue weighted by Crippen LogP contribution is -2.43. The summed E-state index contributed by atoms with van der Waals surface area (Å²) >= 11 is 3.30. The van der Waals surface area contributed by atoms with Gasteiger partial charge in [0.2, 0.25) is 11.8 Å². The van der Waals surface area contributed by atoms with E-state index in [0.29, 0.717) is 62.6 Å². The Kier molecular flexibility index (Phi) is 19.6. The van der Waals surface area contributed by atoms with Gasteiger partial charge in [-0.05, 0) is 134 Å². The number of carbonyl (C=O) groups excluding carboxylic acids is 6. The van der Waals surface area contributed by atoms with Gasteiger partial charge in [0, 0.05) is 60.3 Å². The molecule has 0 aliphatic carbocycles. The second-order valence-corrected chi connectivity index (χ2v) is 20.2. The number of fused-ring (bicyclic) bond motifs is 1. The Labute approximate surface area is 450 Å². The minimum absolute atomic E-state index is 0.0475. The monoisotopic (exact) mass is 1100 g/mol. The van der Waals surface area contributed by atoms with E-state index in [1.807, 2.05) is 118 Å². The molecule has 3 aliphatic rings. The molecule has 5 amide bonds. The van der Waals surface area contributed by atoms with Gasteiger partial charge < -0.3 is 30.0 Å². The average molecular weight is 1100 g/mol. The first-order chi connectivity index (χ1) is 36.7. The first-order valence-electron chi connectivity index (χ1n) is 25.2. The lowest BCUT2D eigenvalue weighted by atomic mass is 10.0. The van der Waals surface area contributed by atoms with Crippen LogP contribution < -0.4 is 10.6 Å². The van der Waals surface area contributed by atoms with Crippen LogP contribution in [-0.2, 0) is 48.2 Å². The van der Waals surface area contributed by atoms with Gasteiger partial charge in [-0.3, -0.25) is 34.1 Å². The number of nitrogens with zero attached hydrogens (tertiary/aromatic N) is 6. The number of aromatic nitrogens is 3. The fourth-order valence-corrected chi connectivity index (χ4v) is 9.24. The Morgan fingerprint density at radius 1 is 0.605 bits per heavy atom. The molecule has 3 aromatic carbocycles. The van der Waals surface area contributed by atoms with Crippen LogP contribution >= 0.6 is 15.9 Å². The van der Waals surface area contributed by atoms with Gasteiger partial charge in [-0.15, -0.1) is 0 Å². The van der Waals surface area contributed by atoms with Crippen molar-refractivity contribution < 1.29 is 48.1 Å². The molecule has 19 heteroatoms. The fourth-order valence-electron chi connectivity index (χ4n) is 9.01. The Morgan fingerprint density at radius 3 is 1.61 bits per heavy atom. The third kappa shape index (κ3) is 15.4. The quantitative estimate of drug-likeness (QED) is 0.0972. The van der Waals surface area contributed by atoms with Crippen LogP contribution in [0, 0.1) is 0 Å². The summed E-state index contributed by atoms with van der Waals surface area (Å²) < 4.78 is 17.1. The Hall–Kier alpha value is -7.77. The lowest BCUT2D eigenvalue weighted by Gasteiger charge is -2.28. The van der Waals surface area contributed by atoms with Crippen molar-refractivity contribution in [2.45, 2.75) is 103 Å². The van der Waals surface area contributed by atoms with Gasteiger partial charge in [-0.25, -0.2) is 24.4 Å². The second kappa shape index (κ2) is 26.6. The SMILES string of the molecule is CC(C)(C)OC(=O)N1CCC[C@H]1C(=O)Cc1ccc2cc(-c3ccc(NC(=O)[C@@H]4CCCN4C(=O)OCc4ccccc4)nc3)ccc2n1.CO.O=C(Nc1ccc(Br)cn1)[C@@H]1CCCN1C(=O)OCc1ccccc1. The van der Waals surface area contributed by atoms with E-state index >= 15 is 0 Å². The number of nitrogens with one attached hydrogen (secondary N) is 2. The minimum atomic E-state index is -0.626. The summed E-state index contributed by atoms with van der Waals surface area (Å²) in [4.78, 5) is 94.4. The van der Waals surface area contributed by atoms with Gasteiger partial charge in [0.05, 0.1) is 18.0 Å². The molecule has 3 N–H and O–H groups in total. The molecule has 9 rings (SSSR count). The number of ketones is 1. The maximum Gasteiger partial charge on any atom is 0.410 e. The topological polar surface area (TPSA) is 223 Å². The standard InChI is InChI=1S/C38H41N5O6.C18H18BrN3O3.CH4O/c1-38(2,3)49-37(47)42-19-7-11-31(42)33(44)22-29-16-13-27-21-26(14-17-30(27)40-29)28-15-18-34(39-23-28)41-35(45)32-12-8-20-43(32)36(46)48-24-25-9-5-4-6-10-25;19-14-8-9-16(20-11-14)21-17(23)15-7-4-10-22(15)18(24)25-12-13-5-2-1-3-6-13;1-2/h4-6,9-10,13-18,21,23,31-32H,7-8,11-12,19-20,22,24H2,1-3H3,(H,39,41,45);1-3,5-6,8-9,11,15H,4,7,10,12H2,(H,20,21,23);2H,1H3/t31-,32-;15-;/m00./s1. The first-order valence-corrected chi connectivity index (χ1v) is 26.0. The van der Waals surface area contributed by atoms with Gasteiger partial charge in [0.25, 0.3) is 0 Å². The zero-order valence-electron chi connectivity index (χ0n) is 43.0. The van der Waals surface area contributed by atoms with E-state index in [0.717, 1.165) is 57.6 Å². The number of benzene rings is 3. The zero-order chi connectivity index (χ0) is 54.2. The number of ether oxygens (including phenoxy) is 3. The number of rotatable bonds is 12. The zero-order valence-corrected chi connectivity index (χ0v) is 44.6. The molecule has 0 spiro atoms. The number of pyridine rings is 3. The molecule has 6 heterocycles. The van der Waals surface area contributed by atoms with Gasteiger partial charge in [0.1, 0.15) is 42.5 Å². The second-order valence-electron chi connectivity index (χ2n) is 19.2. The largest absolute Gasteiger partial charge is 0.445 e. The van der Waals surface area contributed by atoms with Crippen molar-refractivity contribution in [2.75, 3.05) is 37.4 Å². The van der Waals surface area contributed by atoms with E-state index < -0.39 is 42.0 Å². The first kappa shape index (κ1) is 56.0. The van der Waals surface area contributed by atoms with Gasteiger partial charge in [0.15, 0.2) is 5.78 Å². The fraction of sp³-hybridized carbons (Fsp3) is 0.351. The normalized spacial score (nSPS) is 16.9. The summed E-state index contributed by atoms with van der Waals surface area (Å²) in [5, 5.41) is 13.5. The summed E-state index contributed by atoms with van der Waals surface area (Å²) in [6.45, 7) is 7.26. The molecule has 0 saturated carbocycles. The molecule has 3 atom stereocenters. The van der Waals surface area contributed by atoms with Crippen LogP contribution in [0.25, 0.3) is 22.0 Å². The van der Waals surface area contributed by atoms with Crippen molar-refractivity contribution in [3.8, 4) is 11.1 Å². The number of hydrogen-bond donors (Lipinski definition) is 3. The van der Waals surface area contributed by atoms with Crippen LogP contribution in [0.5, 0.6) is 0 Å². The summed E-state index contributed by atoms with van der Waals surface area (Å²) in [7, 11) is 1.00. The van der Waals surface area contributed by atoms with Gasteiger partial charge in [-0.2, -0.15) is 0 Å². The van der Waals surface area contributed by atoms with Crippen molar-refractivity contribution in [3.05, 3.63) is 149 Å². The molecule has 3 saturated heterocycles. The van der Waals surface area contributed by atoms with Crippen LogP contribution in [0.1, 0.15) is 76.1 Å². The number of anilines is 2. The third-order valence-corrected chi connectivity index (χ3v) is 13.1. The number of Topliss-reactive ketones (excluding diaryl/α,β-unsaturated/α-hetero) is 1. The molecular weight excluding hydrogens is 1040 g/mol. The number of amides is 5. The molecule has 18 nitrogen and oxygen atoms in total. The molecule has 6 aromatic rings. The Morgan fingerprint density at radius 2 is 1.11 bits per heavy atom. The lowest BCUT2D eigenvalue weighted by molar-refractivity contribution is -0.123. The Bertz CT molecular complexity index is 2940. The molecule has 76 heavy (non-hydrogen) atoms. The highest BCUT2D eigenvalue weighted by Gasteiger charge is 2.38. The molecule has 3 fully saturated rings. The predicted octanol–water partition coefficient (Wildman–Crippen LogP) is 9.74. The molecule has 0 unspecified atom stereocenters. The van der Waals surface area contributed by atoms with Crippen LogP contribution in [-0.4, -0.2) is 121 Å². The van der Waals surface area contributed by atoms with Crippen LogP contribution in [0.4, 0.5) is 26.0 Å². The maximum absolute atomic E-state index is 13.2. The van der Waals surface area contributed by atoms with Crippen molar-refractivity contribution >= 4 is 74.3 Å².